The van der Waals surface area contributed by atoms with Crippen molar-refractivity contribution in [1.29, 1.82) is 5.26 Å². The summed E-state index contributed by atoms with van der Waals surface area (Å²) in [7, 11) is -3.84. The van der Waals surface area contributed by atoms with Gasteiger partial charge in [-0.1, -0.05) is 12.1 Å². The highest BCUT2D eigenvalue weighted by molar-refractivity contribution is 7.89. The van der Waals surface area contributed by atoms with Crippen molar-refractivity contribution in [2.75, 3.05) is 6.54 Å². The van der Waals surface area contributed by atoms with E-state index in [0.717, 1.165) is 0 Å². The summed E-state index contributed by atoms with van der Waals surface area (Å²) < 4.78 is 26.9. The summed E-state index contributed by atoms with van der Waals surface area (Å²) in [6, 6.07) is 8.28. The Kier molecular flexibility index (Phi) is 4.75. The Balaban J connectivity index is 2.20. The Labute approximate surface area is 127 Å². The molecule has 110 valence electrons. The Morgan fingerprint density at radius 3 is 2.81 bits per heavy atom. The van der Waals surface area contributed by atoms with Gasteiger partial charge in [-0.25, -0.2) is 13.1 Å². The van der Waals surface area contributed by atoms with Crippen LogP contribution >= 0.6 is 11.3 Å². The molecule has 1 aromatic carbocycles. The van der Waals surface area contributed by atoms with Crippen molar-refractivity contribution >= 4 is 21.4 Å². The maximum Gasteiger partial charge on any atom is 0.241 e. The van der Waals surface area contributed by atoms with Crippen LogP contribution in [0.25, 0.3) is 0 Å². The number of nitrogens with zero attached hydrogens (tertiary/aromatic N) is 1. The van der Waals surface area contributed by atoms with Gasteiger partial charge in [-0.2, -0.15) is 16.6 Å². The van der Waals surface area contributed by atoms with E-state index in [4.69, 9.17) is 5.26 Å². The monoisotopic (exact) mass is 322 g/mol. The lowest BCUT2D eigenvalue weighted by molar-refractivity contribution is 0.182. The number of thiophene rings is 1. The highest BCUT2D eigenvalue weighted by Gasteiger charge is 2.21. The van der Waals surface area contributed by atoms with Gasteiger partial charge < -0.3 is 5.11 Å². The largest absolute Gasteiger partial charge is 0.387 e. The van der Waals surface area contributed by atoms with E-state index in [0.29, 0.717) is 11.1 Å². The summed E-state index contributed by atoms with van der Waals surface area (Å²) in [5.41, 5.74) is 1.38. The second-order valence-corrected chi connectivity index (χ2v) is 7.00. The fourth-order valence-corrected chi connectivity index (χ4v) is 3.83. The van der Waals surface area contributed by atoms with Gasteiger partial charge >= 0.3 is 0 Å². The lowest BCUT2D eigenvalue weighted by atomic mass is 10.1. The zero-order valence-electron chi connectivity index (χ0n) is 11.3. The number of aliphatic hydroxyl groups excluding tert-OH is 1. The van der Waals surface area contributed by atoms with Crippen molar-refractivity contribution in [3.05, 3.63) is 51.7 Å². The van der Waals surface area contributed by atoms with Crippen molar-refractivity contribution in [3.8, 4) is 6.07 Å². The first-order valence-corrected chi connectivity index (χ1v) is 8.58. The Hall–Kier alpha value is -1.72. The molecule has 0 spiro atoms. The molecular weight excluding hydrogens is 308 g/mol. The normalized spacial score (nSPS) is 12.8. The molecule has 1 heterocycles. The lowest BCUT2D eigenvalue weighted by Gasteiger charge is -2.12. The average molecular weight is 322 g/mol. The molecule has 2 aromatic rings. The first-order valence-electron chi connectivity index (χ1n) is 6.15. The molecule has 0 aliphatic heterocycles. The summed E-state index contributed by atoms with van der Waals surface area (Å²) in [5, 5.41) is 22.6. The second-order valence-electron chi connectivity index (χ2n) is 4.48. The minimum atomic E-state index is -3.84. The molecule has 2 rings (SSSR count). The molecule has 0 fully saturated rings. The van der Waals surface area contributed by atoms with Gasteiger partial charge in [0, 0.05) is 6.54 Å². The molecule has 21 heavy (non-hydrogen) atoms. The number of nitrogens with one attached hydrogen (secondary N) is 1. The number of aliphatic hydroxyl groups is 1. The maximum atomic E-state index is 12.3. The van der Waals surface area contributed by atoms with Crippen LogP contribution < -0.4 is 4.72 Å². The van der Waals surface area contributed by atoms with Gasteiger partial charge in [-0.3, -0.25) is 0 Å². The third kappa shape index (κ3) is 3.49. The van der Waals surface area contributed by atoms with Gasteiger partial charge in [0.15, 0.2) is 0 Å². The lowest BCUT2D eigenvalue weighted by Crippen LogP contribution is -2.29. The molecule has 0 saturated heterocycles. The summed E-state index contributed by atoms with van der Waals surface area (Å²) in [6.07, 6.45) is -0.915. The van der Waals surface area contributed by atoms with Crippen LogP contribution in [0.15, 0.2) is 39.9 Å². The number of nitriles is 1. The van der Waals surface area contributed by atoms with E-state index in [1.54, 1.807) is 35.9 Å². The van der Waals surface area contributed by atoms with Crippen molar-refractivity contribution in [2.45, 2.75) is 17.9 Å². The summed E-state index contributed by atoms with van der Waals surface area (Å²) in [6.45, 7) is 1.54. The number of aryl methyl sites for hydroxylation is 1. The molecule has 2 N–H and O–H groups in total. The van der Waals surface area contributed by atoms with E-state index < -0.39 is 16.1 Å². The van der Waals surface area contributed by atoms with Crippen LogP contribution in [0.3, 0.4) is 0 Å². The zero-order valence-corrected chi connectivity index (χ0v) is 12.9. The highest BCUT2D eigenvalue weighted by Crippen LogP contribution is 2.20. The quantitative estimate of drug-likeness (QED) is 0.880. The van der Waals surface area contributed by atoms with Crippen molar-refractivity contribution in [3.63, 3.8) is 0 Å². The van der Waals surface area contributed by atoms with Gasteiger partial charge in [0.2, 0.25) is 10.0 Å². The molecule has 0 aliphatic rings. The third-order valence-corrected chi connectivity index (χ3v) is 5.20. The third-order valence-electron chi connectivity index (χ3n) is 3.03. The zero-order chi connectivity index (χ0) is 15.5. The number of hydrogen-bond donors (Lipinski definition) is 2. The van der Waals surface area contributed by atoms with E-state index in [1.165, 1.54) is 17.4 Å². The predicted molar refractivity (Wildman–Crippen MR) is 80.4 cm³/mol. The molecule has 0 unspecified atom stereocenters. The van der Waals surface area contributed by atoms with Gasteiger partial charge in [0.05, 0.1) is 16.6 Å². The van der Waals surface area contributed by atoms with Crippen LogP contribution in [-0.4, -0.2) is 20.1 Å². The standard InChI is InChI=1S/C14H14N2O3S2/c1-10-3-2-4-14(12(10)7-15)21(18,19)16-8-13(17)11-5-6-20-9-11/h2-6,9,13,16-17H,8H2,1H3/t13-/m0/s1. The van der Waals surface area contributed by atoms with E-state index in [2.05, 4.69) is 4.72 Å². The smallest absolute Gasteiger partial charge is 0.241 e. The molecule has 0 saturated carbocycles. The van der Waals surface area contributed by atoms with Gasteiger partial charge in [-0.15, -0.1) is 0 Å². The Morgan fingerprint density at radius 2 is 2.19 bits per heavy atom. The van der Waals surface area contributed by atoms with Gasteiger partial charge in [0.25, 0.3) is 0 Å². The predicted octanol–water partition coefficient (Wildman–Crippen LogP) is 1.94. The first-order chi connectivity index (χ1) is 9.95. The topological polar surface area (TPSA) is 90.2 Å². The van der Waals surface area contributed by atoms with Crippen molar-refractivity contribution in [2.24, 2.45) is 0 Å². The first kappa shape index (κ1) is 15.7. The molecule has 0 aliphatic carbocycles. The Bertz CT molecular complexity index is 762. The molecule has 0 amide bonds. The van der Waals surface area contributed by atoms with Gasteiger partial charge in [-0.05, 0) is 40.9 Å². The minimum absolute atomic E-state index is 0.0671. The van der Waals surface area contributed by atoms with Gasteiger partial charge in [0.1, 0.15) is 6.07 Å². The van der Waals surface area contributed by atoms with E-state index in [1.807, 2.05) is 6.07 Å². The van der Waals surface area contributed by atoms with E-state index in [-0.39, 0.29) is 17.0 Å². The van der Waals surface area contributed by atoms with Crippen molar-refractivity contribution < 1.29 is 13.5 Å². The molecule has 0 bridgehead atoms. The fourth-order valence-electron chi connectivity index (χ4n) is 1.86. The number of hydrogen-bond acceptors (Lipinski definition) is 5. The molecule has 1 aromatic heterocycles. The summed E-state index contributed by atoms with van der Waals surface area (Å²) in [4.78, 5) is -0.0671. The second kappa shape index (κ2) is 6.37. The average Bonchev–Trinajstić information content (AvgIpc) is 2.99. The number of rotatable bonds is 5. The molecule has 5 nitrogen and oxygen atoms in total. The summed E-state index contributed by atoms with van der Waals surface area (Å²) >= 11 is 1.43. The molecule has 1 atom stereocenters. The van der Waals surface area contributed by atoms with E-state index >= 15 is 0 Å². The molecule has 7 heteroatoms. The van der Waals surface area contributed by atoms with Crippen LogP contribution in [0.4, 0.5) is 0 Å². The number of benzene rings is 1. The minimum Gasteiger partial charge on any atom is -0.387 e. The van der Waals surface area contributed by atoms with E-state index in [9.17, 15) is 13.5 Å². The Morgan fingerprint density at radius 1 is 1.43 bits per heavy atom. The van der Waals surface area contributed by atoms with Crippen LogP contribution in [0, 0.1) is 18.3 Å². The maximum absolute atomic E-state index is 12.3. The molecule has 0 radical (unpaired) electrons. The number of sulfonamides is 1. The van der Waals surface area contributed by atoms with Crippen LogP contribution in [0.5, 0.6) is 0 Å². The van der Waals surface area contributed by atoms with Crippen LogP contribution in [0.1, 0.15) is 22.8 Å². The highest BCUT2D eigenvalue weighted by atomic mass is 32.2. The molecular formula is C14H14N2O3S2. The van der Waals surface area contributed by atoms with Crippen LogP contribution in [-0.2, 0) is 10.0 Å². The fraction of sp³-hybridized carbons (Fsp3) is 0.214. The van der Waals surface area contributed by atoms with Crippen LogP contribution in [0.2, 0.25) is 0 Å². The SMILES string of the molecule is Cc1cccc(S(=O)(=O)NC[C@H](O)c2ccsc2)c1C#N. The summed E-state index contributed by atoms with van der Waals surface area (Å²) in [5.74, 6) is 0. The van der Waals surface area contributed by atoms with Crippen molar-refractivity contribution in [1.82, 2.24) is 4.72 Å².